The number of hydrogen-bond donors (Lipinski definition) is 1. The molecular formula is C14H16ClNS. The number of anilines is 1. The van der Waals surface area contributed by atoms with Crippen molar-refractivity contribution in [2.45, 2.75) is 27.3 Å². The van der Waals surface area contributed by atoms with Crippen LogP contribution in [-0.4, -0.2) is 0 Å². The SMILES string of the molecule is Cc1cc(CNc2cccc(C)c2Cl)c(C)s1. The van der Waals surface area contributed by atoms with Gasteiger partial charge >= 0.3 is 0 Å². The highest BCUT2D eigenvalue weighted by Crippen LogP contribution is 2.27. The summed E-state index contributed by atoms with van der Waals surface area (Å²) in [6.07, 6.45) is 0. The van der Waals surface area contributed by atoms with Gasteiger partial charge in [0.05, 0.1) is 10.7 Å². The Morgan fingerprint density at radius 2 is 2.00 bits per heavy atom. The van der Waals surface area contributed by atoms with Gasteiger partial charge in [-0.05, 0) is 44.0 Å². The van der Waals surface area contributed by atoms with Gasteiger partial charge in [0.2, 0.25) is 0 Å². The largest absolute Gasteiger partial charge is 0.380 e. The van der Waals surface area contributed by atoms with E-state index >= 15 is 0 Å². The van der Waals surface area contributed by atoms with Gasteiger partial charge in [-0.25, -0.2) is 0 Å². The van der Waals surface area contributed by atoms with Crippen LogP contribution < -0.4 is 5.32 Å². The Hall–Kier alpha value is -0.990. The van der Waals surface area contributed by atoms with Crippen LogP contribution in [0.1, 0.15) is 20.9 Å². The van der Waals surface area contributed by atoms with Crippen molar-refractivity contribution in [3.63, 3.8) is 0 Å². The monoisotopic (exact) mass is 265 g/mol. The molecule has 1 N–H and O–H groups in total. The third-order valence-corrected chi connectivity index (χ3v) is 4.31. The summed E-state index contributed by atoms with van der Waals surface area (Å²) in [5.41, 5.74) is 3.47. The summed E-state index contributed by atoms with van der Waals surface area (Å²) in [5.74, 6) is 0. The van der Waals surface area contributed by atoms with Crippen molar-refractivity contribution in [1.29, 1.82) is 0 Å². The lowest BCUT2D eigenvalue weighted by atomic mass is 10.2. The number of benzene rings is 1. The van der Waals surface area contributed by atoms with E-state index < -0.39 is 0 Å². The number of thiophene rings is 1. The first-order valence-corrected chi connectivity index (χ1v) is 6.82. The molecule has 0 atom stereocenters. The van der Waals surface area contributed by atoms with Gasteiger partial charge in [0.1, 0.15) is 0 Å². The van der Waals surface area contributed by atoms with Crippen LogP contribution in [0.4, 0.5) is 5.69 Å². The van der Waals surface area contributed by atoms with E-state index in [0.717, 1.165) is 22.8 Å². The molecule has 0 aliphatic rings. The normalized spacial score (nSPS) is 10.6. The van der Waals surface area contributed by atoms with E-state index in [2.05, 4.69) is 25.2 Å². The molecule has 2 rings (SSSR count). The van der Waals surface area contributed by atoms with E-state index in [1.165, 1.54) is 15.3 Å². The Morgan fingerprint density at radius 1 is 1.24 bits per heavy atom. The highest BCUT2D eigenvalue weighted by Gasteiger charge is 2.05. The van der Waals surface area contributed by atoms with E-state index in [-0.39, 0.29) is 0 Å². The summed E-state index contributed by atoms with van der Waals surface area (Å²) in [4.78, 5) is 2.73. The molecule has 17 heavy (non-hydrogen) atoms. The number of halogens is 1. The van der Waals surface area contributed by atoms with Crippen LogP contribution in [0.3, 0.4) is 0 Å². The Bertz CT molecular complexity index is 531. The molecule has 0 spiro atoms. The van der Waals surface area contributed by atoms with Crippen molar-refractivity contribution in [3.05, 3.63) is 50.2 Å². The average Bonchev–Trinajstić information content (AvgIpc) is 2.60. The minimum atomic E-state index is 0.817. The zero-order valence-corrected chi connectivity index (χ0v) is 11.9. The second-order valence-corrected chi connectivity index (χ2v) is 6.07. The van der Waals surface area contributed by atoms with Crippen LogP contribution in [0, 0.1) is 20.8 Å². The Labute approximate surface area is 111 Å². The number of hydrogen-bond acceptors (Lipinski definition) is 2. The molecule has 1 aromatic heterocycles. The molecule has 0 amide bonds. The smallest absolute Gasteiger partial charge is 0.0666 e. The average molecular weight is 266 g/mol. The van der Waals surface area contributed by atoms with Gasteiger partial charge in [-0.3, -0.25) is 0 Å². The van der Waals surface area contributed by atoms with Crippen LogP contribution in [0.25, 0.3) is 0 Å². The molecule has 0 saturated heterocycles. The molecule has 0 radical (unpaired) electrons. The first-order chi connectivity index (χ1) is 8.08. The standard InChI is InChI=1S/C14H16ClNS/c1-9-5-4-6-13(14(9)15)16-8-12-7-10(2)17-11(12)3/h4-7,16H,8H2,1-3H3. The molecular weight excluding hydrogens is 250 g/mol. The Balaban J connectivity index is 2.12. The van der Waals surface area contributed by atoms with Crippen molar-refractivity contribution >= 4 is 28.6 Å². The van der Waals surface area contributed by atoms with E-state index in [1.54, 1.807) is 0 Å². The molecule has 3 heteroatoms. The van der Waals surface area contributed by atoms with Crippen molar-refractivity contribution in [1.82, 2.24) is 0 Å². The summed E-state index contributed by atoms with van der Waals surface area (Å²) in [6, 6.07) is 8.30. The summed E-state index contributed by atoms with van der Waals surface area (Å²) in [6.45, 7) is 7.15. The topological polar surface area (TPSA) is 12.0 Å². The molecule has 90 valence electrons. The van der Waals surface area contributed by atoms with Crippen LogP contribution in [-0.2, 0) is 6.54 Å². The predicted octanol–water partition coefficient (Wildman–Crippen LogP) is 4.94. The third kappa shape index (κ3) is 2.82. The molecule has 2 aromatic rings. The molecule has 0 bridgehead atoms. The fourth-order valence-corrected chi connectivity index (χ4v) is 2.97. The zero-order chi connectivity index (χ0) is 12.4. The maximum absolute atomic E-state index is 6.24. The van der Waals surface area contributed by atoms with E-state index in [0.29, 0.717) is 0 Å². The first kappa shape index (κ1) is 12.5. The lowest BCUT2D eigenvalue weighted by molar-refractivity contribution is 1.14. The molecule has 0 unspecified atom stereocenters. The molecule has 0 saturated carbocycles. The first-order valence-electron chi connectivity index (χ1n) is 5.63. The number of rotatable bonds is 3. The van der Waals surface area contributed by atoms with Crippen LogP contribution in [0.15, 0.2) is 24.3 Å². The highest BCUT2D eigenvalue weighted by atomic mass is 35.5. The van der Waals surface area contributed by atoms with Crippen molar-refractivity contribution in [2.75, 3.05) is 5.32 Å². The van der Waals surface area contributed by atoms with Crippen LogP contribution in [0.5, 0.6) is 0 Å². The van der Waals surface area contributed by atoms with Gasteiger partial charge in [0.25, 0.3) is 0 Å². The minimum Gasteiger partial charge on any atom is -0.380 e. The van der Waals surface area contributed by atoms with Gasteiger partial charge in [0, 0.05) is 16.3 Å². The van der Waals surface area contributed by atoms with E-state index in [4.69, 9.17) is 11.6 Å². The van der Waals surface area contributed by atoms with Gasteiger partial charge in [-0.2, -0.15) is 0 Å². The van der Waals surface area contributed by atoms with Crippen LogP contribution in [0.2, 0.25) is 5.02 Å². The van der Waals surface area contributed by atoms with Crippen LogP contribution >= 0.6 is 22.9 Å². The van der Waals surface area contributed by atoms with Gasteiger partial charge in [-0.15, -0.1) is 11.3 Å². The van der Waals surface area contributed by atoms with E-state index in [9.17, 15) is 0 Å². The minimum absolute atomic E-state index is 0.817. The van der Waals surface area contributed by atoms with Gasteiger partial charge in [-0.1, -0.05) is 23.7 Å². The predicted molar refractivity (Wildman–Crippen MR) is 77.3 cm³/mol. The second kappa shape index (κ2) is 5.11. The molecule has 1 nitrogen and oxygen atoms in total. The maximum Gasteiger partial charge on any atom is 0.0666 e. The maximum atomic E-state index is 6.24. The third-order valence-electron chi connectivity index (χ3n) is 2.80. The second-order valence-electron chi connectivity index (χ2n) is 4.23. The fraction of sp³-hybridized carbons (Fsp3) is 0.286. The Kier molecular flexibility index (Phi) is 3.75. The quantitative estimate of drug-likeness (QED) is 0.829. The summed E-state index contributed by atoms with van der Waals surface area (Å²) >= 11 is 8.08. The zero-order valence-electron chi connectivity index (χ0n) is 10.3. The molecule has 0 aliphatic carbocycles. The van der Waals surface area contributed by atoms with Gasteiger partial charge in [0.15, 0.2) is 0 Å². The molecule has 1 heterocycles. The lowest BCUT2D eigenvalue weighted by Crippen LogP contribution is -2.00. The summed E-state index contributed by atoms with van der Waals surface area (Å²) < 4.78 is 0. The van der Waals surface area contributed by atoms with Crippen molar-refractivity contribution < 1.29 is 0 Å². The highest BCUT2D eigenvalue weighted by molar-refractivity contribution is 7.12. The molecule has 0 fully saturated rings. The van der Waals surface area contributed by atoms with Gasteiger partial charge < -0.3 is 5.32 Å². The van der Waals surface area contributed by atoms with Crippen molar-refractivity contribution in [3.8, 4) is 0 Å². The van der Waals surface area contributed by atoms with Crippen molar-refractivity contribution in [2.24, 2.45) is 0 Å². The number of nitrogens with one attached hydrogen (secondary N) is 1. The summed E-state index contributed by atoms with van der Waals surface area (Å²) in [7, 11) is 0. The number of aryl methyl sites for hydroxylation is 3. The molecule has 1 aromatic carbocycles. The Morgan fingerprint density at radius 3 is 2.65 bits per heavy atom. The molecule has 0 aliphatic heterocycles. The van der Waals surface area contributed by atoms with E-state index in [1.807, 2.05) is 36.5 Å². The lowest BCUT2D eigenvalue weighted by Gasteiger charge is -2.09. The fourth-order valence-electron chi connectivity index (χ4n) is 1.83. The summed E-state index contributed by atoms with van der Waals surface area (Å²) in [5, 5.41) is 4.22.